The van der Waals surface area contributed by atoms with Gasteiger partial charge in [-0.1, -0.05) is 25.5 Å². The molecule has 1 saturated heterocycles. The van der Waals surface area contributed by atoms with Crippen molar-refractivity contribution in [2.45, 2.75) is 38.8 Å². The van der Waals surface area contributed by atoms with E-state index in [0.717, 1.165) is 12.0 Å². The van der Waals surface area contributed by atoms with E-state index in [0.29, 0.717) is 6.42 Å². The summed E-state index contributed by atoms with van der Waals surface area (Å²) < 4.78 is 12.9. The molecule has 1 aromatic rings. The summed E-state index contributed by atoms with van der Waals surface area (Å²) in [6.45, 7) is 3.88. The van der Waals surface area contributed by atoms with Crippen molar-refractivity contribution < 1.29 is 14.0 Å². The molecule has 1 aliphatic heterocycles. The Hall–Kier alpha value is -1.91. The molecule has 2 amide bonds. The van der Waals surface area contributed by atoms with Crippen LogP contribution >= 0.6 is 0 Å². The van der Waals surface area contributed by atoms with Gasteiger partial charge in [-0.25, -0.2) is 4.39 Å². The second-order valence-corrected chi connectivity index (χ2v) is 5.10. The molecule has 0 saturated carbocycles. The van der Waals surface area contributed by atoms with Gasteiger partial charge < -0.3 is 10.2 Å². The molecule has 1 aliphatic rings. The average Bonchev–Trinajstić information content (AvgIpc) is 2.43. The van der Waals surface area contributed by atoms with E-state index >= 15 is 0 Å². The summed E-state index contributed by atoms with van der Waals surface area (Å²) in [6.07, 6.45) is 1.46. The Balaban J connectivity index is 2.19. The smallest absolute Gasteiger partial charge is 0.246 e. The van der Waals surface area contributed by atoms with Crippen molar-refractivity contribution in [2.24, 2.45) is 0 Å². The van der Waals surface area contributed by atoms with Gasteiger partial charge in [0, 0.05) is 0 Å². The third-order valence-corrected chi connectivity index (χ3v) is 3.63. The van der Waals surface area contributed by atoms with Gasteiger partial charge in [0.15, 0.2) is 0 Å². The highest BCUT2D eigenvalue weighted by Crippen LogP contribution is 2.23. The molecule has 20 heavy (non-hydrogen) atoms. The van der Waals surface area contributed by atoms with E-state index in [1.54, 1.807) is 17.0 Å². The van der Waals surface area contributed by atoms with Gasteiger partial charge in [-0.05, 0) is 31.0 Å². The number of benzene rings is 1. The van der Waals surface area contributed by atoms with Gasteiger partial charge >= 0.3 is 0 Å². The Labute approximate surface area is 118 Å². The van der Waals surface area contributed by atoms with Crippen molar-refractivity contribution in [3.05, 3.63) is 35.6 Å². The topological polar surface area (TPSA) is 49.4 Å². The van der Waals surface area contributed by atoms with Crippen LogP contribution in [0.25, 0.3) is 0 Å². The first-order valence-electron chi connectivity index (χ1n) is 6.88. The summed E-state index contributed by atoms with van der Waals surface area (Å²) in [4.78, 5) is 25.7. The van der Waals surface area contributed by atoms with Crippen molar-refractivity contribution >= 4 is 11.8 Å². The largest absolute Gasteiger partial charge is 0.343 e. The van der Waals surface area contributed by atoms with Crippen molar-refractivity contribution in [3.8, 4) is 0 Å². The van der Waals surface area contributed by atoms with Crippen LogP contribution in [0.1, 0.15) is 38.3 Å². The summed E-state index contributed by atoms with van der Waals surface area (Å²) in [5.41, 5.74) is 0.824. The van der Waals surface area contributed by atoms with E-state index in [4.69, 9.17) is 0 Å². The van der Waals surface area contributed by atoms with Crippen LogP contribution in [0.2, 0.25) is 0 Å². The van der Waals surface area contributed by atoms with E-state index in [9.17, 15) is 14.0 Å². The molecular weight excluding hydrogens is 259 g/mol. The second kappa shape index (κ2) is 6.03. The Morgan fingerprint density at radius 3 is 2.60 bits per heavy atom. The Morgan fingerprint density at radius 2 is 2.00 bits per heavy atom. The van der Waals surface area contributed by atoms with Crippen LogP contribution in [0.4, 0.5) is 4.39 Å². The zero-order valence-electron chi connectivity index (χ0n) is 11.7. The maximum Gasteiger partial charge on any atom is 0.246 e. The quantitative estimate of drug-likeness (QED) is 0.916. The van der Waals surface area contributed by atoms with Gasteiger partial charge in [-0.2, -0.15) is 0 Å². The fourth-order valence-electron chi connectivity index (χ4n) is 2.47. The van der Waals surface area contributed by atoms with Gasteiger partial charge in [0.2, 0.25) is 11.8 Å². The van der Waals surface area contributed by atoms with Gasteiger partial charge in [0.1, 0.15) is 18.4 Å². The van der Waals surface area contributed by atoms with Crippen LogP contribution in [0, 0.1) is 5.82 Å². The average molecular weight is 278 g/mol. The van der Waals surface area contributed by atoms with Crippen molar-refractivity contribution in [2.75, 3.05) is 6.54 Å². The highest BCUT2D eigenvalue weighted by Gasteiger charge is 2.34. The summed E-state index contributed by atoms with van der Waals surface area (Å²) in [5, 5.41) is 2.72. The van der Waals surface area contributed by atoms with Gasteiger partial charge in [-0.3, -0.25) is 9.59 Å². The van der Waals surface area contributed by atoms with Crippen LogP contribution in [-0.4, -0.2) is 29.3 Å². The zero-order valence-corrected chi connectivity index (χ0v) is 11.7. The SMILES string of the molecule is CCCC1NC(=O)CN(C(C)c2ccc(F)cc2)C1=O. The molecule has 4 nitrogen and oxygen atoms in total. The molecule has 2 atom stereocenters. The number of carbonyl (C=O) groups excluding carboxylic acids is 2. The number of hydrogen-bond acceptors (Lipinski definition) is 2. The minimum Gasteiger partial charge on any atom is -0.343 e. The standard InChI is InChI=1S/C15H19FN2O2/c1-3-4-13-15(20)18(9-14(19)17-13)10(2)11-5-7-12(16)8-6-11/h5-8,10,13H,3-4,9H2,1-2H3,(H,17,19). The molecule has 1 fully saturated rings. The molecule has 1 N–H and O–H groups in total. The number of halogens is 1. The van der Waals surface area contributed by atoms with E-state index < -0.39 is 6.04 Å². The number of amides is 2. The highest BCUT2D eigenvalue weighted by molar-refractivity contribution is 5.95. The number of hydrogen-bond donors (Lipinski definition) is 1. The molecule has 2 unspecified atom stereocenters. The normalized spacial score (nSPS) is 20.8. The lowest BCUT2D eigenvalue weighted by atomic mass is 10.0. The number of nitrogens with one attached hydrogen (secondary N) is 1. The van der Waals surface area contributed by atoms with Crippen LogP contribution < -0.4 is 5.32 Å². The fourth-order valence-corrected chi connectivity index (χ4v) is 2.47. The molecule has 0 bridgehead atoms. The Morgan fingerprint density at radius 1 is 1.35 bits per heavy atom. The maximum atomic E-state index is 12.9. The fraction of sp³-hybridized carbons (Fsp3) is 0.467. The lowest BCUT2D eigenvalue weighted by molar-refractivity contribution is -0.146. The third kappa shape index (κ3) is 2.98. The number of piperazine rings is 1. The molecule has 2 rings (SSSR count). The molecule has 0 radical (unpaired) electrons. The maximum absolute atomic E-state index is 12.9. The van der Waals surface area contributed by atoms with Crippen LogP contribution in [-0.2, 0) is 9.59 Å². The van der Waals surface area contributed by atoms with E-state index in [-0.39, 0.29) is 30.2 Å². The Bertz CT molecular complexity index is 501. The molecular formula is C15H19FN2O2. The first-order valence-corrected chi connectivity index (χ1v) is 6.88. The molecule has 0 aliphatic carbocycles. The van der Waals surface area contributed by atoms with E-state index in [1.165, 1.54) is 12.1 Å². The van der Waals surface area contributed by atoms with Crippen LogP contribution in [0.15, 0.2) is 24.3 Å². The van der Waals surface area contributed by atoms with Crippen molar-refractivity contribution in [1.29, 1.82) is 0 Å². The van der Waals surface area contributed by atoms with Gasteiger partial charge in [0.25, 0.3) is 0 Å². The first-order chi connectivity index (χ1) is 9.52. The van der Waals surface area contributed by atoms with Crippen molar-refractivity contribution in [3.63, 3.8) is 0 Å². The number of rotatable bonds is 4. The van der Waals surface area contributed by atoms with E-state index in [1.807, 2.05) is 13.8 Å². The number of carbonyl (C=O) groups is 2. The van der Waals surface area contributed by atoms with Crippen LogP contribution in [0.5, 0.6) is 0 Å². The first kappa shape index (κ1) is 14.5. The molecule has 1 aromatic carbocycles. The van der Waals surface area contributed by atoms with Gasteiger partial charge in [0.05, 0.1) is 6.04 Å². The lowest BCUT2D eigenvalue weighted by Crippen LogP contribution is -2.58. The van der Waals surface area contributed by atoms with Crippen LogP contribution in [0.3, 0.4) is 0 Å². The van der Waals surface area contributed by atoms with E-state index in [2.05, 4.69) is 5.32 Å². The highest BCUT2D eigenvalue weighted by atomic mass is 19.1. The number of nitrogens with zero attached hydrogens (tertiary/aromatic N) is 1. The van der Waals surface area contributed by atoms with Gasteiger partial charge in [-0.15, -0.1) is 0 Å². The predicted octanol–water partition coefficient (Wildman–Crippen LogP) is 2.01. The minimum absolute atomic E-state index is 0.0532. The summed E-state index contributed by atoms with van der Waals surface area (Å²) >= 11 is 0. The van der Waals surface area contributed by atoms with Crippen molar-refractivity contribution in [1.82, 2.24) is 10.2 Å². The zero-order chi connectivity index (χ0) is 14.7. The predicted molar refractivity (Wildman–Crippen MR) is 73.4 cm³/mol. The molecule has 0 spiro atoms. The lowest BCUT2D eigenvalue weighted by Gasteiger charge is -2.36. The molecule has 1 heterocycles. The molecule has 0 aromatic heterocycles. The molecule has 108 valence electrons. The summed E-state index contributed by atoms with van der Waals surface area (Å²) in [5.74, 6) is -0.521. The third-order valence-electron chi connectivity index (χ3n) is 3.63. The minimum atomic E-state index is -0.441. The monoisotopic (exact) mass is 278 g/mol. The summed E-state index contributed by atoms with van der Waals surface area (Å²) in [7, 11) is 0. The second-order valence-electron chi connectivity index (χ2n) is 5.10. The summed E-state index contributed by atoms with van der Waals surface area (Å²) in [6, 6.07) is 5.34. The Kier molecular flexibility index (Phi) is 4.37. The molecule has 5 heteroatoms.